The summed E-state index contributed by atoms with van der Waals surface area (Å²) in [6.07, 6.45) is 2.33. The van der Waals surface area contributed by atoms with Crippen LogP contribution in [-0.4, -0.2) is 23.5 Å². The average Bonchev–Trinajstić information content (AvgIpc) is 2.88. The van der Waals surface area contributed by atoms with Gasteiger partial charge in [-0.25, -0.2) is 17.2 Å². The Morgan fingerprint density at radius 2 is 1.67 bits per heavy atom. The summed E-state index contributed by atoms with van der Waals surface area (Å²) in [6.45, 7) is 6.13. The number of hydrogen-bond acceptors (Lipinski definition) is 3. The fraction of sp³-hybridized carbons (Fsp3) is 0.267. The van der Waals surface area contributed by atoms with Gasteiger partial charge >= 0.3 is 5.97 Å². The Kier molecular flexibility index (Phi) is 3.67. The van der Waals surface area contributed by atoms with Crippen molar-refractivity contribution in [2.75, 3.05) is 0 Å². The van der Waals surface area contributed by atoms with Crippen LogP contribution in [0.4, 0.5) is 0 Å². The summed E-state index contributed by atoms with van der Waals surface area (Å²) >= 11 is 0. The van der Waals surface area contributed by atoms with Gasteiger partial charge in [0.15, 0.2) is 0 Å². The highest BCUT2D eigenvalue weighted by molar-refractivity contribution is 7.90. The number of carbonyl (C=O) groups is 1. The molecule has 1 heterocycles. The number of aromatic nitrogens is 1. The maximum absolute atomic E-state index is 12.4. The predicted octanol–water partition coefficient (Wildman–Crippen LogP) is 2.72. The summed E-state index contributed by atoms with van der Waals surface area (Å²) < 4.78 is 25.7. The zero-order valence-corrected chi connectivity index (χ0v) is 12.9. The second-order valence-electron chi connectivity index (χ2n) is 5.81. The van der Waals surface area contributed by atoms with Gasteiger partial charge in [0.2, 0.25) is 0 Å². The number of carboxylic acid groups (broad SMARTS) is 1. The van der Waals surface area contributed by atoms with Crippen molar-refractivity contribution in [1.29, 1.82) is 0 Å². The van der Waals surface area contributed by atoms with Crippen LogP contribution in [0.5, 0.6) is 0 Å². The van der Waals surface area contributed by atoms with Crippen molar-refractivity contribution in [2.45, 2.75) is 31.1 Å². The van der Waals surface area contributed by atoms with Gasteiger partial charge in [-0.2, -0.15) is 0 Å². The number of aromatic carboxylic acids is 1. The van der Waals surface area contributed by atoms with E-state index in [0.717, 1.165) is 15.7 Å². The first-order chi connectivity index (χ1) is 9.62. The molecule has 0 unspecified atom stereocenters. The molecule has 0 spiro atoms. The lowest BCUT2D eigenvalue weighted by Gasteiger charge is -2.19. The molecule has 1 aromatic heterocycles. The molecular weight excluding hydrogens is 290 g/mol. The van der Waals surface area contributed by atoms with Crippen LogP contribution >= 0.6 is 0 Å². The molecule has 0 aliphatic rings. The zero-order valence-electron chi connectivity index (χ0n) is 12.1. The lowest BCUT2D eigenvalue weighted by molar-refractivity contribution is 0.0697. The van der Waals surface area contributed by atoms with Crippen molar-refractivity contribution in [3.8, 4) is 0 Å². The molecule has 0 radical (unpaired) electrons. The second-order valence-corrected chi connectivity index (χ2v) is 7.66. The third-order valence-electron chi connectivity index (χ3n) is 3.21. The van der Waals surface area contributed by atoms with Gasteiger partial charge in [-0.05, 0) is 29.2 Å². The van der Waals surface area contributed by atoms with Crippen molar-refractivity contribution in [3.63, 3.8) is 0 Å². The van der Waals surface area contributed by atoms with Crippen LogP contribution in [0.2, 0.25) is 0 Å². The van der Waals surface area contributed by atoms with Gasteiger partial charge in [-0.3, -0.25) is 0 Å². The van der Waals surface area contributed by atoms with E-state index in [2.05, 4.69) is 0 Å². The van der Waals surface area contributed by atoms with Gasteiger partial charge in [0.1, 0.15) is 0 Å². The molecule has 0 aliphatic heterocycles. The summed E-state index contributed by atoms with van der Waals surface area (Å²) in [7, 11) is -3.76. The van der Waals surface area contributed by atoms with Crippen molar-refractivity contribution < 1.29 is 18.3 Å². The Morgan fingerprint density at radius 3 is 2.10 bits per heavy atom. The smallest absolute Gasteiger partial charge is 0.337 e. The Bertz CT molecular complexity index is 765. The van der Waals surface area contributed by atoms with Crippen LogP contribution in [0.3, 0.4) is 0 Å². The highest BCUT2D eigenvalue weighted by Gasteiger charge is 2.20. The normalized spacial score (nSPS) is 12.3. The lowest BCUT2D eigenvalue weighted by atomic mass is 9.87. The second kappa shape index (κ2) is 5.04. The third-order valence-corrected chi connectivity index (χ3v) is 4.86. The van der Waals surface area contributed by atoms with E-state index < -0.39 is 16.0 Å². The van der Waals surface area contributed by atoms with Gasteiger partial charge < -0.3 is 5.11 Å². The first-order valence-corrected chi connectivity index (χ1v) is 7.84. The maximum Gasteiger partial charge on any atom is 0.337 e. The zero-order chi connectivity index (χ0) is 15.8. The largest absolute Gasteiger partial charge is 0.478 e. The Morgan fingerprint density at radius 1 is 1.10 bits per heavy atom. The van der Waals surface area contributed by atoms with Crippen LogP contribution in [0.25, 0.3) is 0 Å². The standard InChI is InChI=1S/C15H17NO4S/c1-15(2,3)12-4-6-13(7-5-12)21(19,20)16-9-8-11(10-16)14(17)18/h4-10H,1-3H3,(H,17,18). The summed E-state index contributed by atoms with van der Waals surface area (Å²) in [5.74, 6) is -1.16. The summed E-state index contributed by atoms with van der Waals surface area (Å²) in [5.41, 5.74) is 0.900. The molecular formula is C15H17NO4S. The molecule has 0 amide bonds. The number of rotatable bonds is 3. The fourth-order valence-corrected chi connectivity index (χ4v) is 3.10. The fourth-order valence-electron chi connectivity index (χ4n) is 1.90. The molecule has 0 fully saturated rings. The van der Waals surface area contributed by atoms with E-state index >= 15 is 0 Å². The van der Waals surface area contributed by atoms with Crippen LogP contribution in [0.15, 0.2) is 47.6 Å². The Balaban J connectivity index is 2.41. The number of nitrogens with zero attached hydrogens (tertiary/aromatic N) is 1. The molecule has 5 nitrogen and oxygen atoms in total. The van der Waals surface area contributed by atoms with Crippen LogP contribution in [-0.2, 0) is 15.4 Å². The minimum absolute atomic E-state index is 0.0633. The quantitative estimate of drug-likeness (QED) is 0.946. The lowest BCUT2D eigenvalue weighted by Crippen LogP contribution is -2.13. The molecule has 0 bridgehead atoms. The van der Waals surface area contributed by atoms with E-state index in [9.17, 15) is 13.2 Å². The molecule has 0 saturated heterocycles. The molecule has 1 aromatic carbocycles. The van der Waals surface area contributed by atoms with Gasteiger partial charge in [0.05, 0.1) is 10.5 Å². The van der Waals surface area contributed by atoms with Crippen LogP contribution in [0, 0.1) is 0 Å². The Hall–Kier alpha value is -2.08. The monoisotopic (exact) mass is 307 g/mol. The minimum atomic E-state index is -3.76. The first-order valence-electron chi connectivity index (χ1n) is 6.40. The summed E-state index contributed by atoms with van der Waals surface area (Å²) in [6, 6.07) is 7.87. The van der Waals surface area contributed by atoms with Crippen LogP contribution in [0.1, 0.15) is 36.7 Å². The Labute approximate surface area is 123 Å². The highest BCUT2D eigenvalue weighted by Crippen LogP contribution is 2.24. The van der Waals surface area contributed by atoms with Gasteiger partial charge in [0.25, 0.3) is 10.0 Å². The molecule has 112 valence electrons. The van der Waals surface area contributed by atoms with Crippen molar-refractivity contribution in [3.05, 3.63) is 53.9 Å². The third kappa shape index (κ3) is 3.00. The molecule has 1 N–H and O–H groups in total. The van der Waals surface area contributed by atoms with Crippen LogP contribution < -0.4 is 0 Å². The molecule has 6 heteroatoms. The topological polar surface area (TPSA) is 76.4 Å². The van der Waals surface area contributed by atoms with Gasteiger partial charge in [0, 0.05) is 12.4 Å². The predicted molar refractivity (Wildman–Crippen MR) is 79.1 cm³/mol. The highest BCUT2D eigenvalue weighted by atomic mass is 32.2. The molecule has 2 aromatic rings. The molecule has 21 heavy (non-hydrogen) atoms. The number of hydrogen-bond donors (Lipinski definition) is 1. The van der Waals surface area contributed by atoms with E-state index in [0.29, 0.717) is 0 Å². The number of benzene rings is 1. The summed E-state index contributed by atoms with van der Waals surface area (Å²) in [5, 5.41) is 8.85. The van der Waals surface area contributed by atoms with E-state index in [4.69, 9.17) is 5.11 Å². The first kappa shape index (κ1) is 15.3. The molecule has 2 rings (SSSR count). The van der Waals surface area contributed by atoms with E-state index in [1.54, 1.807) is 12.1 Å². The maximum atomic E-state index is 12.4. The van der Waals surface area contributed by atoms with Crippen molar-refractivity contribution in [2.24, 2.45) is 0 Å². The minimum Gasteiger partial charge on any atom is -0.478 e. The van der Waals surface area contributed by atoms with Gasteiger partial charge in [-0.1, -0.05) is 32.9 Å². The molecule has 0 atom stereocenters. The van der Waals surface area contributed by atoms with Crippen molar-refractivity contribution in [1.82, 2.24) is 3.97 Å². The molecule has 0 saturated carbocycles. The van der Waals surface area contributed by atoms with E-state index in [1.807, 2.05) is 20.8 Å². The van der Waals surface area contributed by atoms with E-state index in [-0.39, 0.29) is 15.9 Å². The van der Waals surface area contributed by atoms with Crippen molar-refractivity contribution >= 4 is 16.0 Å². The average molecular weight is 307 g/mol. The molecule has 0 aliphatic carbocycles. The SMILES string of the molecule is CC(C)(C)c1ccc(S(=O)(=O)n2ccc(C(=O)O)c2)cc1. The van der Waals surface area contributed by atoms with E-state index in [1.165, 1.54) is 24.4 Å². The number of carboxylic acids is 1. The van der Waals surface area contributed by atoms with Gasteiger partial charge in [-0.15, -0.1) is 0 Å². The summed E-state index contributed by atoms with van der Waals surface area (Å²) in [4.78, 5) is 11.0.